The van der Waals surface area contributed by atoms with Gasteiger partial charge in [0.15, 0.2) is 11.9 Å². The molecule has 306 valence electrons. The van der Waals surface area contributed by atoms with E-state index in [9.17, 15) is 24.9 Å². The largest absolute Gasteiger partial charge is 0.472 e. The second kappa shape index (κ2) is 24.5. The zero-order valence-corrected chi connectivity index (χ0v) is 33.4. The van der Waals surface area contributed by atoms with Crippen molar-refractivity contribution < 1.29 is 38.2 Å². The van der Waals surface area contributed by atoms with Crippen molar-refractivity contribution in [2.45, 2.75) is 147 Å². The van der Waals surface area contributed by atoms with Crippen LogP contribution < -0.4 is 5.73 Å². The predicted octanol–water partition coefficient (Wildman–Crippen LogP) is 7.37. The molecule has 1 aliphatic rings. The summed E-state index contributed by atoms with van der Waals surface area (Å²) >= 11 is 0. The molecule has 4 rings (SSSR count). The zero-order chi connectivity index (χ0) is 39.3. The number of unbranched alkanes of at least 4 members (excludes halogenated alkanes) is 15. The summed E-state index contributed by atoms with van der Waals surface area (Å²) in [4.78, 5) is 16.7. The van der Waals surface area contributed by atoms with Gasteiger partial charge in [0.2, 0.25) is 0 Å². The van der Waals surface area contributed by atoms with Crippen LogP contribution in [0.25, 0.3) is 5.52 Å². The maximum atomic E-state index is 13.1. The Hall–Kier alpha value is -3.12. The second-order valence-electron chi connectivity index (χ2n) is 14.6. The SMILES string of the molecule is CCCCCCCCCCCCCCCCCCOC[C@H](COP(=O)(O)OC[C@@H](OC#N)[C@@H](O)[C@@H](O)c1ccc2c(N)ncnn12)N1Cc2ccccc2C1. The molecule has 2 aromatic heterocycles. The smallest absolute Gasteiger partial charge is 0.419 e. The standard InChI is InChI=1S/C40H63N6O8P/c1-2-3-4-5-6-7-8-9-10-11-12-13-14-15-16-19-24-51-27-34(45-25-32-20-17-18-21-33(32)26-45)28-53-55(49,50)54-29-37(52-30-41)39(48)38(47)35-22-23-36-40(42)43-31-44-46(35)36/h17-18,20-23,31,34,37-39,47-48H,2-16,19,24-29H2,1H3,(H,49,50)(H2,42,43,44)/t34-,37-,38+,39-/m1/s1. The number of hydrogen-bond acceptors (Lipinski definition) is 12. The van der Waals surface area contributed by atoms with Crippen LogP contribution >= 0.6 is 7.82 Å². The minimum Gasteiger partial charge on any atom is -0.419 e. The Morgan fingerprint density at radius 1 is 0.836 bits per heavy atom. The van der Waals surface area contributed by atoms with Crippen LogP contribution in [-0.2, 0) is 36.2 Å². The number of phosphoric ester groups is 1. The number of nitriles is 1. The van der Waals surface area contributed by atoms with E-state index in [2.05, 4.69) is 34.0 Å². The highest BCUT2D eigenvalue weighted by molar-refractivity contribution is 7.47. The normalized spacial score (nSPS) is 16.3. The van der Waals surface area contributed by atoms with E-state index in [1.807, 2.05) is 12.1 Å². The van der Waals surface area contributed by atoms with E-state index in [1.54, 1.807) is 6.07 Å². The number of hydrogen-bond donors (Lipinski definition) is 4. The number of fused-ring (bicyclic) bond motifs is 2. The van der Waals surface area contributed by atoms with Gasteiger partial charge < -0.3 is 30.3 Å². The number of rotatable bonds is 30. The third-order valence-corrected chi connectivity index (χ3v) is 11.3. The fourth-order valence-electron chi connectivity index (χ4n) is 7.08. The Morgan fingerprint density at radius 3 is 1.98 bits per heavy atom. The third kappa shape index (κ3) is 15.0. The van der Waals surface area contributed by atoms with Crippen LogP contribution in [0.1, 0.15) is 133 Å². The minimum atomic E-state index is -4.70. The molecule has 0 bridgehead atoms. The van der Waals surface area contributed by atoms with Gasteiger partial charge in [0.05, 0.1) is 31.6 Å². The summed E-state index contributed by atoms with van der Waals surface area (Å²) in [6.45, 7) is 3.57. The monoisotopic (exact) mass is 786 g/mol. The molecule has 5 atom stereocenters. The lowest BCUT2D eigenvalue weighted by Crippen LogP contribution is -2.39. The van der Waals surface area contributed by atoms with Crippen molar-refractivity contribution in [3.05, 3.63) is 59.5 Å². The van der Waals surface area contributed by atoms with Crippen LogP contribution in [0, 0.1) is 11.5 Å². The van der Waals surface area contributed by atoms with Crippen LogP contribution in [0.15, 0.2) is 42.7 Å². The second-order valence-corrected chi connectivity index (χ2v) is 16.1. The summed E-state index contributed by atoms with van der Waals surface area (Å²) < 4.78 is 36.0. The number of benzene rings is 1. The van der Waals surface area contributed by atoms with Crippen molar-refractivity contribution in [2.75, 3.05) is 32.2 Å². The molecular formula is C40H63N6O8P. The quantitative estimate of drug-likeness (QED) is 0.0297. The van der Waals surface area contributed by atoms with Gasteiger partial charge in [0.1, 0.15) is 24.1 Å². The maximum Gasteiger partial charge on any atom is 0.472 e. The number of ether oxygens (including phenoxy) is 2. The summed E-state index contributed by atoms with van der Waals surface area (Å²) in [5.41, 5.74) is 8.77. The fourth-order valence-corrected chi connectivity index (χ4v) is 7.85. The Balaban J connectivity index is 1.16. The Labute approximate surface area is 326 Å². The highest BCUT2D eigenvalue weighted by atomic mass is 31.2. The molecule has 15 heteroatoms. The van der Waals surface area contributed by atoms with E-state index in [0.29, 0.717) is 31.8 Å². The Bertz CT molecular complexity index is 1600. The van der Waals surface area contributed by atoms with Gasteiger partial charge in [-0.3, -0.25) is 13.9 Å². The van der Waals surface area contributed by atoms with Gasteiger partial charge in [0, 0.05) is 19.7 Å². The highest BCUT2D eigenvalue weighted by Gasteiger charge is 2.35. The fraction of sp³-hybridized carbons (Fsp3) is 0.675. The number of aromatic nitrogens is 3. The Morgan fingerprint density at radius 2 is 1.40 bits per heavy atom. The molecule has 0 aliphatic carbocycles. The first-order chi connectivity index (χ1) is 26.7. The van der Waals surface area contributed by atoms with Crippen LogP contribution in [0.3, 0.4) is 0 Å². The first-order valence-corrected chi connectivity index (χ1v) is 21.7. The van der Waals surface area contributed by atoms with Crippen molar-refractivity contribution in [1.82, 2.24) is 19.5 Å². The molecule has 0 radical (unpaired) electrons. The molecule has 0 spiro atoms. The molecule has 1 aliphatic heterocycles. The van der Waals surface area contributed by atoms with Gasteiger partial charge in [0.25, 0.3) is 6.26 Å². The van der Waals surface area contributed by atoms with E-state index in [0.717, 1.165) is 12.8 Å². The minimum absolute atomic E-state index is 0.139. The maximum absolute atomic E-state index is 13.1. The number of nitrogens with two attached hydrogens (primary N) is 1. The lowest BCUT2D eigenvalue weighted by Gasteiger charge is -2.28. The number of aliphatic hydroxyl groups is 2. The third-order valence-electron chi connectivity index (χ3n) is 10.4. The number of phosphoric acid groups is 1. The number of nitrogens with zero attached hydrogens (tertiary/aromatic N) is 5. The van der Waals surface area contributed by atoms with Crippen molar-refractivity contribution in [2.24, 2.45) is 0 Å². The molecule has 1 aromatic carbocycles. The average Bonchev–Trinajstić information content (AvgIpc) is 3.82. The zero-order valence-electron chi connectivity index (χ0n) is 32.6. The summed E-state index contributed by atoms with van der Waals surface area (Å²) in [6, 6.07) is 10.8. The van der Waals surface area contributed by atoms with E-state index in [4.69, 9.17) is 24.3 Å². The summed E-state index contributed by atoms with van der Waals surface area (Å²) in [6.07, 6.45) is 18.6. The molecule has 55 heavy (non-hydrogen) atoms. The van der Waals surface area contributed by atoms with Crippen molar-refractivity contribution in [3.63, 3.8) is 0 Å². The lowest BCUT2D eigenvalue weighted by atomic mass is 10.0. The molecule has 0 saturated heterocycles. The van der Waals surface area contributed by atoms with E-state index in [-0.39, 0.29) is 24.2 Å². The molecule has 3 aromatic rings. The number of aliphatic hydroxyl groups excluding tert-OH is 2. The summed E-state index contributed by atoms with van der Waals surface area (Å²) in [7, 11) is -4.70. The molecule has 3 heterocycles. The molecule has 1 unspecified atom stereocenters. The van der Waals surface area contributed by atoms with Crippen LogP contribution in [0.4, 0.5) is 5.82 Å². The van der Waals surface area contributed by atoms with E-state index >= 15 is 0 Å². The molecular weight excluding hydrogens is 723 g/mol. The Kier molecular flexibility index (Phi) is 19.9. The van der Waals surface area contributed by atoms with E-state index < -0.39 is 32.7 Å². The van der Waals surface area contributed by atoms with E-state index in [1.165, 1.54) is 124 Å². The van der Waals surface area contributed by atoms with Crippen molar-refractivity contribution in [1.29, 1.82) is 5.26 Å². The average molecular weight is 787 g/mol. The van der Waals surface area contributed by atoms with Crippen molar-refractivity contribution >= 4 is 19.2 Å². The molecule has 5 N–H and O–H groups in total. The highest BCUT2D eigenvalue weighted by Crippen LogP contribution is 2.44. The predicted molar refractivity (Wildman–Crippen MR) is 210 cm³/mol. The molecule has 0 amide bonds. The van der Waals surface area contributed by atoms with Crippen molar-refractivity contribution in [3.8, 4) is 6.26 Å². The molecule has 14 nitrogen and oxygen atoms in total. The summed E-state index contributed by atoms with van der Waals surface area (Å²) in [5.74, 6) is 0.163. The molecule has 0 saturated carbocycles. The van der Waals surface area contributed by atoms with Crippen LogP contribution in [-0.4, -0.2) is 79.3 Å². The topological polar surface area (TPSA) is 198 Å². The molecule has 0 fully saturated rings. The van der Waals surface area contributed by atoms with Gasteiger partial charge in [-0.25, -0.2) is 14.1 Å². The van der Waals surface area contributed by atoms with Crippen LogP contribution in [0.5, 0.6) is 0 Å². The summed E-state index contributed by atoms with van der Waals surface area (Å²) in [5, 5.41) is 35.1. The van der Waals surface area contributed by atoms with Gasteiger partial charge in [-0.15, -0.1) is 0 Å². The van der Waals surface area contributed by atoms with Gasteiger partial charge >= 0.3 is 7.82 Å². The lowest BCUT2D eigenvalue weighted by molar-refractivity contribution is -0.0800. The van der Waals surface area contributed by atoms with Gasteiger partial charge in [-0.1, -0.05) is 128 Å². The first kappa shape index (κ1) is 44.6. The van der Waals surface area contributed by atoms with Gasteiger partial charge in [-0.05, 0) is 29.7 Å². The van der Waals surface area contributed by atoms with Gasteiger partial charge in [-0.2, -0.15) is 10.4 Å². The first-order valence-electron chi connectivity index (χ1n) is 20.2. The number of anilines is 1. The van der Waals surface area contributed by atoms with Crippen LogP contribution in [0.2, 0.25) is 0 Å². The number of nitrogen functional groups attached to an aromatic ring is 1.